The lowest BCUT2D eigenvalue weighted by atomic mass is 10.1. The first-order chi connectivity index (χ1) is 10.4. The summed E-state index contributed by atoms with van der Waals surface area (Å²) in [6.07, 6.45) is 1.32. The predicted octanol–water partition coefficient (Wildman–Crippen LogP) is 2.90. The number of furan rings is 2. The van der Waals surface area contributed by atoms with E-state index >= 15 is 0 Å². The molecule has 0 saturated heterocycles. The second-order valence-electron chi connectivity index (χ2n) is 4.92. The van der Waals surface area contributed by atoms with Crippen molar-refractivity contribution in [1.82, 2.24) is 5.32 Å². The highest BCUT2D eigenvalue weighted by molar-refractivity contribution is 5.96. The first-order valence-corrected chi connectivity index (χ1v) is 7.03. The van der Waals surface area contributed by atoms with E-state index in [0.29, 0.717) is 29.3 Å². The Labute approximate surface area is 128 Å². The van der Waals surface area contributed by atoms with Crippen molar-refractivity contribution in [2.45, 2.75) is 34.2 Å². The number of esters is 1. The van der Waals surface area contributed by atoms with Gasteiger partial charge in [-0.2, -0.15) is 0 Å². The van der Waals surface area contributed by atoms with Crippen molar-refractivity contribution in [3.63, 3.8) is 0 Å². The molecule has 0 bridgehead atoms. The van der Waals surface area contributed by atoms with Crippen LogP contribution in [0.25, 0.3) is 0 Å². The molecule has 2 aromatic rings. The Morgan fingerprint density at radius 3 is 2.55 bits per heavy atom. The van der Waals surface area contributed by atoms with E-state index in [1.165, 1.54) is 6.26 Å². The zero-order chi connectivity index (χ0) is 16.3. The molecule has 0 aromatic carbocycles. The molecule has 2 aromatic heterocycles. The number of amides is 1. The summed E-state index contributed by atoms with van der Waals surface area (Å²) in [4.78, 5) is 23.7. The summed E-state index contributed by atoms with van der Waals surface area (Å²) in [5.74, 6) is 1.11. The second kappa shape index (κ2) is 6.51. The lowest BCUT2D eigenvalue weighted by Gasteiger charge is -2.03. The van der Waals surface area contributed by atoms with Gasteiger partial charge in [0.25, 0.3) is 5.91 Å². The Hall–Kier alpha value is -2.50. The fourth-order valence-corrected chi connectivity index (χ4v) is 2.18. The molecule has 0 spiro atoms. The topological polar surface area (TPSA) is 81.7 Å². The van der Waals surface area contributed by atoms with Crippen LogP contribution in [0.5, 0.6) is 0 Å². The van der Waals surface area contributed by atoms with Gasteiger partial charge in [0.05, 0.1) is 24.3 Å². The Morgan fingerprint density at radius 2 is 1.95 bits per heavy atom. The number of ether oxygens (including phenoxy) is 1. The fraction of sp³-hybridized carbons (Fsp3) is 0.375. The fourth-order valence-electron chi connectivity index (χ4n) is 2.18. The van der Waals surface area contributed by atoms with Gasteiger partial charge < -0.3 is 18.9 Å². The van der Waals surface area contributed by atoms with Gasteiger partial charge in [-0.3, -0.25) is 4.79 Å². The van der Waals surface area contributed by atoms with Gasteiger partial charge in [0.15, 0.2) is 0 Å². The standard InChI is InChI=1S/C16H19NO5/c1-5-20-16(19)12-6-13(21-8-12)7-17-15(18)14-9(2)10(3)22-11(14)4/h6,8H,5,7H2,1-4H3,(H,17,18). The van der Waals surface area contributed by atoms with E-state index in [-0.39, 0.29) is 12.5 Å². The summed E-state index contributed by atoms with van der Waals surface area (Å²) >= 11 is 0. The van der Waals surface area contributed by atoms with E-state index < -0.39 is 5.97 Å². The van der Waals surface area contributed by atoms with Crippen molar-refractivity contribution < 1.29 is 23.2 Å². The number of nitrogens with one attached hydrogen (secondary N) is 1. The monoisotopic (exact) mass is 305 g/mol. The van der Waals surface area contributed by atoms with Crippen molar-refractivity contribution in [3.8, 4) is 0 Å². The van der Waals surface area contributed by atoms with Crippen LogP contribution in [0, 0.1) is 20.8 Å². The molecule has 0 unspecified atom stereocenters. The van der Waals surface area contributed by atoms with Gasteiger partial charge in [0.2, 0.25) is 0 Å². The van der Waals surface area contributed by atoms with E-state index in [1.54, 1.807) is 19.9 Å². The van der Waals surface area contributed by atoms with E-state index in [4.69, 9.17) is 13.6 Å². The van der Waals surface area contributed by atoms with Gasteiger partial charge in [0.1, 0.15) is 23.5 Å². The second-order valence-corrected chi connectivity index (χ2v) is 4.92. The first kappa shape index (κ1) is 15.9. The van der Waals surface area contributed by atoms with Crippen molar-refractivity contribution in [1.29, 1.82) is 0 Å². The predicted molar refractivity (Wildman–Crippen MR) is 78.8 cm³/mol. The van der Waals surface area contributed by atoms with Crippen LogP contribution in [0.3, 0.4) is 0 Å². The van der Waals surface area contributed by atoms with Gasteiger partial charge in [-0.1, -0.05) is 0 Å². The number of hydrogen-bond donors (Lipinski definition) is 1. The maximum absolute atomic E-state index is 12.2. The Bertz CT molecular complexity index is 695. The molecule has 118 valence electrons. The van der Waals surface area contributed by atoms with Crippen LogP contribution in [-0.2, 0) is 11.3 Å². The van der Waals surface area contributed by atoms with Crippen LogP contribution in [0.15, 0.2) is 21.2 Å². The largest absolute Gasteiger partial charge is 0.467 e. The smallest absolute Gasteiger partial charge is 0.341 e. The maximum atomic E-state index is 12.2. The molecule has 6 nitrogen and oxygen atoms in total. The maximum Gasteiger partial charge on any atom is 0.341 e. The molecule has 0 aliphatic heterocycles. The minimum Gasteiger partial charge on any atom is -0.467 e. The molecule has 1 N–H and O–H groups in total. The molecule has 22 heavy (non-hydrogen) atoms. The minimum absolute atomic E-state index is 0.182. The summed E-state index contributed by atoms with van der Waals surface area (Å²) in [7, 11) is 0. The lowest BCUT2D eigenvalue weighted by molar-refractivity contribution is 0.0525. The first-order valence-electron chi connectivity index (χ1n) is 7.03. The zero-order valence-corrected chi connectivity index (χ0v) is 13.1. The number of rotatable bonds is 5. The third-order valence-electron chi connectivity index (χ3n) is 3.38. The van der Waals surface area contributed by atoms with E-state index in [9.17, 15) is 9.59 Å². The average molecular weight is 305 g/mol. The van der Waals surface area contributed by atoms with Gasteiger partial charge in [0, 0.05) is 5.56 Å². The summed E-state index contributed by atoms with van der Waals surface area (Å²) in [5, 5.41) is 2.75. The third kappa shape index (κ3) is 3.21. The minimum atomic E-state index is -0.444. The lowest BCUT2D eigenvalue weighted by Crippen LogP contribution is -2.23. The van der Waals surface area contributed by atoms with Gasteiger partial charge >= 0.3 is 5.97 Å². The average Bonchev–Trinajstić information content (AvgIpc) is 3.03. The Balaban J connectivity index is 2.01. The number of carbonyl (C=O) groups is 2. The highest BCUT2D eigenvalue weighted by Gasteiger charge is 2.19. The summed E-state index contributed by atoms with van der Waals surface area (Å²) in [6, 6.07) is 1.55. The summed E-state index contributed by atoms with van der Waals surface area (Å²) < 4.78 is 15.6. The normalized spacial score (nSPS) is 10.5. The SMILES string of the molecule is CCOC(=O)c1coc(CNC(=O)c2c(C)oc(C)c2C)c1. The van der Waals surface area contributed by atoms with Crippen LogP contribution in [-0.4, -0.2) is 18.5 Å². The highest BCUT2D eigenvalue weighted by Crippen LogP contribution is 2.20. The van der Waals surface area contributed by atoms with E-state index in [1.807, 2.05) is 13.8 Å². The Kier molecular flexibility index (Phi) is 4.70. The quantitative estimate of drug-likeness (QED) is 0.859. The van der Waals surface area contributed by atoms with E-state index in [2.05, 4.69) is 5.32 Å². The molecule has 2 rings (SSSR count). The van der Waals surface area contributed by atoms with Gasteiger partial charge in [-0.15, -0.1) is 0 Å². The molecule has 0 saturated carbocycles. The van der Waals surface area contributed by atoms with Crippen molar-refractivity contribution in [2.75, 3.05) is 6.61 Å². The summed E-state index contributed by atoms with van der Waals surface area (Å²) in [6.45, 7) is 7.62. The molecule has 6 heteroatoms. The zero-order valence-electron chi connectivity index (χ0n) is 13.1. The molecule has 0 aliphatic carbocycles. The highest BCUT2D eigenvalue weighted by atomic mass is 16.5. The van der Waals surface area contributed by atoms with Crippen LogP contribution >= 0.6 is 0 Å². The molecular weight excluding hydrogens is 286 g/mol. The molecule has 0 radical (unpaired) electrons. The van der Waals surface area contributed by atoms with Crippen molar-refractivity contribution in [3.05, 3.63) is 46.3 Å². The van der Waals surface area contributed by atoms with Gasteiger partial charge in [-0.25, -0.2) is 4.79 Å². The van der Waals surface area contributed by atoms with Crippen molar-refractivity contribution in [2.24, 2.45) is 0 Å². The molecule has 0 atom stereocenters. The molecule has 0 fully saturated rings. The molecule has 1 amide bonds. The molecular formula is C16H19NO5. The molecule has 2 heterocycles. The van der Waals surface area contributed by atoms with Crippen LogP contribution in [0.4, 0.5) is 0 Å². The third-order valence-corrected chi connectivity index (χ3v) is 3.38. The van der Waals surface area contributed by atoms with Crippen LogP contribution in [0.2, 0.25) is 0 Å². The van der Waals surface area contributed by atoms with Gasteiger partial charge in [-0.05, 0) is 33.8 Å². The molecule has 0 aliphatic rings. The number of hydrogen-bond acceptors (Lipinski definition) is 5. The Morgan fingerprint density at radius 1 is 1.23 bits per heavy atom. The van der Waals surface area contributed by atoms with Crippen LogP contribution < -0.4 is 5.32 Å². The summed E-state index contributed by atoms with van der Waals surface area (Å²) in [5.41, 5.74) is 1.69. The van der Waals surface area contributed by atoms with Crippen molar-refractivity contribution >= 4 is 11.9 Å². The van der Waals surface area contributed by atoms with Crippen LogP contribution in [0.1, 0.15) is 50.5 Å². The number of carbonyl (C=O) groups excluding carboxylic acids is 2. The number of aryl methyl sites for hydroxylation is 2. The van der Waals surface area contributed by atoms with E-state index in [0.717, 1.165) is 11.3 Å².